The predicted octanol–water partition coefficient (Wildman–Crippen LogP) is 3.33. The largest absolute Gasteiger partial charge is 0.326 e. The number of benzene rings is 2. The Kier molecular flexibility index (Phi) is 6.88. The highest BCUT2D eigenvalue weighted by Gasteiger charge is 2.14. The summed E-state index contributed by atoms with van der Waals surface area (Å²) in [5, 5.41) is 2.63. The van der Waals surface area contributed by atoms with Crippen LogP contribution in [0.5, 0.6) is 0 Å². The minimum absolute atomic E-state index is 0.200. The molecular weight excluding hydrogens is 355 g/mol. The van der Waals surface area contributed by atoms with Gasteiger partial charge in [0.15, 0.2) is 0 Å². The summed E-state index contributed by atoms with van der Waals surface area (Å²) in [6, 6.07) is 12.1. The molecule has 0 unspecified atom stereocenters. The van der Waals surface area contributed by atoms with E-state index in [2.05, 4.69) is 10.0 Å². The fourth-order valence-electron chi connectivity index (χ4n) is 2.24. The maximum Gasteiger partial charge on any atom is 0.240 e. The van der Waals surface area contributed by atoms with Gasteiger partial charge in [-0.15, -0.1) is 0 Å². The average Bonchev–Trinajstić information content (AvgIpc) is 2.59. The van der Waals surface area contributed by atoms with Crippen LogP contribution in [-0.4, -0.2) is 20.9 Å². The van der Waals surface area contributed by atoms with Crippen molar-refractivity contribution in [1.29, 1.82) is 0 Å². The highest BCUT2D eigenvalue weighted by atomic mass is 32.2. The number of carbonyl (C=O) groups is 1. The lowest BCUT2D eigenvalue weighted by atomic mass is 10.1. The summed E-state index contributed by atoms with van der Waals surface area (Å²) < 4.78 is 39.9. The molecule has 1 amide bonds. The molecular formula is C19H23FN2O3S. The van der Waals surface area contributed by atoms with E-state index in [9.17, 15) is 17.6 Å². The zero-order valence-corrected chi connectivity index (χ0v) is 15.6. The second-order valence-electron chi connectivity index (χ2n) is 6.45. The first-order valence-corrected chi connectivity index (χ1v) is 9.88. The molecule has 0 aliphatic carbocycles. The van der Waals surface area contributed by atoms with Crippen molar-refractivity contribution in [1.82, 2.24) is 4.72 Å². The third-order valence-electron chi connectivity index (χ3n) is 3.66. The summed E-state index contributed by atoms with van der Waals surface area (Å²) >= 11 is 0. The normalized spacial score (nSPS) is 11.5. The zero-order valence-electron chi connectivity index (χ0n) is 14.8. The molecule has 2 rings (SSSR count). The van der Waals surface area contributed by atoms with Crippen molar-refractivity contribution in [2.75, 3.05) is 11.9 Å². The lowest BCUT2D eigenvalue weighted by Gasteiger charge is -2.09. The van der Waals surface area contributed by atoms with Crippen molar-refractivity contribution in [3.8, 4) is 0 Å². The van der Waals surface area contributed by atoms with Crippen LogP contribution in [-0.2, 0) is 21.2 Å². The molecule has 0 fully saturated rings. The zero-order chi connectivity index (χ0) is 19.2. The Morgan fingerprint density at radius 3 is 2.42 bits per heavy atom. The molecule has 0 aliphatic rings. The SMILES string of the molecule is CC(C)CNS(=O)(=O)c1ccc(CCC(=O)Nc2cccc(F)c2)cc1. The summed E-state index contributed by atoms with van der Waals surface area (Å²) in [5.74, 6) is -0.419. The van der Waals surface area contributed by atoms with Crippen molar-refractivity contribution in [3.05, 3.63) is 59.9 Å². The Balaban J connectivity index is 1.90. The monoisotopic (exact) mass is 378 g/mol. The Labute approximate surface area is 153 Å². The summed E-state index contributed by atoms with van der Waals surface area (Å²) in [7, 11) is -3.51. The molecule has 0 aromatic heterocycles. The number of hydrogen-bond donors (Lipinski definition) is 2. The van der Waals surface area contributed by atoms with Crippen LogP contribution in [0.1, 0.15) is 25.8 Å². The van der Waals surface area contributed by atoms with Crippen LogP contribution in [0.15, 0.2) is 53.4 Å². The van der Waals surface area contributed by atoms with Crippen LogP contribution in [0, 0.1) is 11.7 Å². The maximum atomic E-state index is 13.1. The van der Waals surface area contributed by atoms with E-state index < -0.39 is 15.8 Å². The summed E-state index contributed by atoms with van der Waals surface area (Å²) in [5.41, 5.74) is 1.26. The first-order chi connectivity index (χ1) is 12.3. The van der Waals surface area contributed by atoms with Gasteiger partial charge in [-0.1, -0.05) is 32.0 Å². The number of amides is 1. The molecule has 2 aromatic carbocycles. The third kappa shape index (κ3) is 6.24. The lowest BCUT2D eigenvalue weighted by Crippen LogP contribution is -2.27. The number of hydrogen-bond acceptors (Lipinski definition) is 3. The van der Waals surface area contributed by atoms with E-state index in [1.54, 1.807) is 18.2 Å². The number of nitrogens with one attached hydrogen (secondary N) is 2. The number of sulfonamides is 1. The van der Waals surface area contributed by atoms with Gasteiger partial charge in [0, 0.05) is 18.7 Å². The van der Waals surface area contributed by atoms with Gasteiger partial charge in [-0.2, -0.15) is 0 Å². The molecule has 140 valence electrons. The lowest BCUT2D eigenvalue weighted by molar-refractivity contribution is -0.116. The van der Waals surface area contributed by atoms with Gasteiger partial charge in [-0.25, -0.2) is 17.5 Å². The molecule has 0 radical (unpaired) electrons. The Bertz CT molecular complexity index is 849. The molecule has 0 bridgehead atoms. The van der Waals surface area contributed by atoms with Crippen molar-refractivity contribution < 1.29 is 17.6 Å². The molecule has 0 atom stereocenters. The smallest absolute Gasteiger partial charge is 0.240 e. The van der Waals surface area contributed by atoms with Crippen molar-refractivity contribution in [3.63, 3.8) is 0 Å². The highest BCUT2D eigenvalue weighted by molar-refractivity contribution is 7.89. The van der Waals surface area contributed by atoms with Crippen LogP contribution in [0.4, 0.5) is 10.1 Å². The molecule has 0 aliphatic heterocycles. The third-order valence-corrected chi connectivity index (χ3v) is 5.10. The molecule has 2 N–H and O–H groups in total. The molecule has 2 aromatic rings. The van der Waals surface area contributed by atoms with E-state index in [1.165, 1.54) is 30.3 Å². The summed E-state index contributed by atoms with van der Waals surface area (Å²) in [6.07, 6.45) is 0.676. The number of aryl methyl sites for hydroxylation is 1. The average molecular weight is 378 g/mol. The predicted molar refractivity (Wildman–Crippen MR) is 99.8 cm³/mol. The maximum absolute atomic E-state index is 13.1. The van der Waals surface area contributed by atoms with Gasteiger partial charge < -0.3 is 5.32 Å². The number of anilines is 1. The van der Waals surface area contributed by atoms with Crippen LogP contribution in [0.3, 0.4) is 0 Å². The second-order valence-corrected chi connectivity index (χ2v) is 8.22. The number of rotatable bonds is 8. The van der Waals surface area contributed by atoms with E-state index >= 15 is 0 Å². The van der Waals surface area contributed by atoms with Crippen molar-refractivity contribution in [2.45, 2.75) is 31.6 Å². The molecule has 5 nitrogen and oxygen atoms in total. The van der Waals surface area contributed by atoms with E-state index in [-0.39, 0.29) is 23.1 Å². The molecule has 0 saturated heterocycles. The van der Waals surface area contributed by atoms with Gasteiger partial charge in [0.2, 0.25) is 15.9 Å². The molecule has 0 saturated carbocycles. The summed E-state index contributed by atoms with van der Waals surface area (Å²) in [4.78, 5) is 12.1. The second kappa shape index (κ2) is 8.91. The molecule has 7 heteroatoms. The van der Waals surface area contributed by atoms with E-state index in [0.29, 0.717) is 18.7 Å². The van der Waals surface area contributed by atoms with Gasteiger partial charge in [-0.05, 0) is 48.2 Å². The standard InChI is InChI=1S/C19H23FN2O3S/c1-14(2)13-21-26(24,25)18-9-6-15(7-10-18)8-11-19(23)22-17-5-3-4-16(20)12-17/h3-7,9-10,12,14,21H,8,11,13H2,1-2H3,(H,22,23). The van der Waals surface area contributed by atoms with E-state index in [4.69, 9.17) is 0 Å². The molecule has 26 heavy (non-hydrogen) atoms. The highest BCUT2D eigenvalue weighted by Crippen LogP contribution is 2.13. The van der Waals surface area contributed by atoms with Gasteiger partial charge >= 0.3 is 0 Å². The fraction of sp³-hybridized carbons (Fsp3) is 0.316. The summed E-state index contributed by atoms with van der Waals surface area (Å²) in [6.45, 7) is 4.24. The van der Waals surface area contributed by atoms with Gasteiger partial charge in [0.05, 0.1) is 4.90 Å². The van der Waals surface area contributed by atoms with Crippen LogP contribution in [0.25, 0.3) is 0 Å². The van der Waals surface area contributed by atoms with Crippen LogP contribution < -0.4 is 10.0 Å². The van der Waals surface area contributed by atoms with Crippen molar-refractivity contribution in [2.24, 2.45) is 5.92 Å². The molecule has 0 heterocycles. The van der Waals surface area contributed by atoms with E-state index in [1.807, 2.05) is 13.8 Å². The van der Waals surface area contributed by atoms with Crippen molar-refractivity contribution >= 4 is 21.6 Å². The Morgan fingerprint density at radius 2 is 1.81 bits per heavy atom. The molecule has 0 spiro atoms. The first-order valence-electron chi connectivity index (χ1n) is 8.40. The fourth-order valence-corrected chi connectivity index (χ4v) is 3.46. The van der Waals surface area contributed by atoms with Crippen LogP contribution >= 0.6 is 0 Å². The van der Waals surface area contributed by atoms with Gasteiger partial charge in [-0.3, -0.25) is 4.79 Å². The van der Waals surface area contributed by atoms with E-state index in [0.717, 1.165) is 5.56 Å². The number of carbonyl (C=O) groups excluding carboxylic acids is 1. The Morgan fingerprint density at radius 1 is 1.12 bits per heavy atom. The Hall–Kier alpha value is -2.25. The number of halogens is 1. The first kappa shape index (κ1) is 20.1. The quantitative estimate of drug-likeness (QED) is 0.740. The van der Waals surface area contributed by atoms with Crippen LogP contribution in [0.2, 0.25) is 0 Å². The van der Waals surface area contributed by atoms with Gasteiger partial charge in [0.25, 0.3) is 0 Å². The minimum Gasteiger partial charge on any atom is -0.326 e. The minimum atomic E-state index is -3.51. The topological polar surface area (TPSA) is 75.3 Å². The van der Waals surface area contributed by atoms with Gasteiger partial charge in [0.1, 0.15) is 5.82 Å².